The second kappa shape index (κ2) is 10.5. The van der Waals surface area contributed by atoms with Gasteiger partial charge in [0.05, 0.1) is 15.5 Å². The molecule has 1 aliphatic rings. The number of ether oxygens (including phenoxy) is 1. The fourth-order valence-corrected chi connectivity index (χ4v) is 5.29. The van der Waals surface area contributed by atoms with Gasteiger partial charge < -0.3 is 14.7 Å². The zero-order chi connectivity index (χ0) is 21.6. The minimum absolute atomic E-state index is 0.0167. The maximum Gasteiger partial charge on any atom is 0.341 e. The minimum atomic E-state index is -0.974. The molecule has 30 heavy (non-hydrogen) atoms. The van der Waals surface area contributed by atoms with Crippen LogP contribution in [0, 0.1) is 0 Å². The molecule has 7 heteroatoms. The van der Waals surface area contributed by atoms with Crippen LogP contribution in [-0.2, 0) is 4.79 Å². The van der Waals surface area contributed by atoms with Gasteiger partial charge in [-0.15, -0.1) is 11.8 Å². The zero-order valence-electron chi connectivity index (χ0n) is 17.8. The molecule has 0 saturated carbocycles. The number of rotatable bonds is 9. The van der Waals surface area contributed by atoms with E-state index in [1.807, 2.05) is 18.4 Å². The summed E-state index contributed by atoms with van der Waals surface area (Å²) in [7, 11) is 0. The minimum Gasteiger partial charge on any atom is -0.481 e. The molecule has 0 aromatic heterocycles. The lowest BCUT2D eigenvalue weighted by Gasteiger charge is -2.37. The first-order chi connectivity index (χ1) is 14.5. The number of para-hydroxylation sites is 1. The molecule has 0 spiro atoms. The highest BCUT2D eigenvalue weighted by Crippen LogP contribution is 2.45. The van der Waals surface area contributed by atoms with E-state index in [1.54, 1.807) is 23.7 Å². The molecule has 5 nitrogen and oxygen atoms in total. The zero-order valence-corrected chi connectivity index (χ0v) is 19.4. The summed E-state index contributed by atoms with van der Waals surface area (Å²) in [6, 6.07) is 14.6. The quantitative estimate of drug-likeness (QED) is 0.364. The van der Waals surface area contributed by atoms with Gasteiger partial charge in [-0.25, -0.2) is 4.79 Å². The number of anilines is 2. The number of benzene rings is 2. The molecule has 0 saturated heterocycles. The molecule has 0 aliphatic carbocycles. The Morgan fingerprint density at radius 1 is 1.30 bits per heavy atom. The number of hydrogen-bond acceptors (Lipinski definition) is 6. The van der Waals surface area contributed by atoms with Crippen LogP contribution in [-0.4, -0.2) is 36.0 Å². The Morgan fingerprint density at radius 3 is 2.70 bits per heavy atom. The Morgan fingerprint density at radius 2 is 2.07 bits per heavy atom. The third-order valence-corrected chi connectivity index (χ3v) is 7.32. The monoisotopic (exact) mass is 446 g/mol. The van der Waals surface area contributed by atoms with E-state index in [-0.39, 0.29) is 12.1 Å². The predicted octanol–water partition coefficient (Wildman–Crippen LogP) is 5.96. The summed E-state index contributed by atoms with van der Waals surface area (Å²) < 4.78 is 9.36. The number of carboxylic acids is 1. The predicted molar refractivity (Wildman–Crippen MR) is 126 cm³/mol. The molecule has 162 valence electrons. The third kappa shape index (κ3) is 5.25. The van der Waals surface area contributed by atoms with Crippen molar-refractivity contribution in [2.24, 2.45) is 0 Å². The summed E-state index contributed by atoms with van der Waals surface area (Å²) >= 11 is 3.20. The van der Waals surface area contributed by atoms with E-state index in [4.69, 9.17) is 9.84 Å². The Hall–Kier alpha value is -1.83. The van der Waals surface area contributed by atoms with Crippen LogP contribution in [0.3, 0.4) is 0 Å². The molecule has 0 amide bonds. The van der Waals surface area contributed by atoms with Crippen molar-refractivity contribution in [1.82, 2.24) is 4.72 Å². The van der Waals surface area contributed by atoms with Crippen molar-refractivity contribution < 1.29 is 14.6 Å². The van der Waals surface area contributed by atoms with Gasteiger partial charge >= 0.3 is 5.97 Å². The van der Waals surface area contributed by atoms with Crippen LogP contribution >= 0.6 is 23.7 Å². The van der Waals surface area contributed by atoms with E-state index in [1.165, 1.54) is 6.42 Å². The molecule has 3 rings (SSSR count). The lowest BCUT2D eigenvalue weighted by atomic mass is 9.89. The number of nitrogens with zero attached hydrogens (tertiary/aromatic N) is 1. The number of fused-ring (bicyclic) bond motifs is 1. The number of carbonyl (C=O) groups is 1. The van der Waals surface area contributed by atoms with Gasteiger partial charge in [-0.1, -0.05) is 44.9 Å². The lowest BCUT2D eigenvalue weighted by Crippen LogP contribution is -2.48. The highest BCUT2D eigenvalue weighted by Gasteiger charge is 2.35. The lowest BCUT2D eigenvalue weighted by molar-refractivity contribution is -0.139. The van der Waals surface area contributed by atoms with Gasteiger partial charge in [-0.2, -0.15) is 0 Å². The van der Waals surface area contributed by atoms with E-state index in [2.05, 4.69) is 53.8 Å². The van der Waals surface area contributed by atoms with Gasteiger partial charge in [0.1, 0.15) is 5.75 Å². The largest absolute Gasteiger partial charge is 0.481 e. The summed E-state index contributed by atoms with van der Waals surface area (Å²) in [5, 5.41) is 9.04. The molecule has 2 aromatic carbocycles. The average molecular weight is 447 g/mol. The fourth-order valence-electron chi connectivity index (χ4n) is 3.66. The Kier molecular flexibility index (Phi) is 7.97. The van der Waals surface area contributed by atoms with Gasteiger partial charge in [-0.3, -0.25) is 4.72 Å². The molecule has 0 radical (unpaired) electrons. The van der Waals surface area contributed by atoms with E-state index in [0.717, 1.165) is 47.0 Å². The number of unbranched alkanes of at least 4 members (excludes halogenated alkanes) is 1. The van der Waals surface area contributed by atoms with E-state index >= 15 is 0 Å². The highest BCUT2D eigenvalue weighted by atomic mass is 32.2. The summed E-state index contributed by atoms with van der Waals surface area (Å²) in [5.74, 6) is -0.359. The molecule has 1 atom stereocenters. The fraction of sp³-hybridized carbons (Fsp3) is 0.435. The maximum absolute atomic E-state index is 11.0. The smallest absolute Gasteiger partial charge is 0.341 e. The first-order valence-electron chi connectivity index (χ1n) is 10.3. The molecule has 0 unspecified atom stereocenters. The first kappa shape index (κ1) is 22.8. The van der Waals surface area contributed by atoms with Crippen molar-refractivity contribution >= 4 is 41.1 Å². The first-order valence-corrected chi connectivity index (χ1v) is 12.4. The van der Waals surface area contributed by atoms with Gasteiger partial charge in [0.15, 0.2) is 6.61 Å². The van der Waals surface area contributed by atoms with Crippen molar-refractivity contribution in [2.75, 3.05) is 24.3 Å². The number of nitrogens with one attached hydrogen (secondary N) is 1. The molecule has 2 N–H and O–H groups in total. The molecule has 0 bridgehead atoms. The van der Waals surface area contributed by atoms with Crippen LogP contribution in [0.1, 0.15) is 39.5 Å². The normalized spacial score (nSPS) is 18.6. The van der Waals surface area contributed by atoms with Crippen molar-refractivity contribution in [3.8, 4) is 5.75 Å². The van der Waals surface area contributed by atoms with Crippen LogP contribution < -0.4 is 14.4 Å². The molecular weight excluding hydrogens is 416 g/mol. The SMILES string of the molecule is CCCC[C@@]1(CC)CN(c2ccccc2)c2cc(SC)c(OCC(=O)O)cc2SN1. The van der Waals surface area contributed by atoms with Crippen LogP contribution in [0.5, 0.6) is 5.75 Å². The van der Waals surface area contributed by atoms with Crippen LogP contribution in [0.25, 0.3) is 0 Å². The number of carboxylic acid groups (broad SMARTS) is 1. The Balaban J connectivity index is 2.07. The van der Waals surface area contributed by atoms with Crippen molar-refractivity contribution in [3.63, 3.8) is 0 Å². The molecule has 2 aromatic rings. The number of thioether (sulfide) groups is 1. The number of aliphatic carboxylic acids is 1. The van der Waals surface area contributed by atoms with E-state index in [9.17, 15) is 4.79 Å². The van der Waals surface area contributed by atoms with E-state index < -0.39 is 5.97 Å². The summed E-state index contributed by atoms with van der Waals surface area (Å²) in [6.45, 7) is 5.00. The topological polar surface area (TPSA) is 61.8 Å². The van der Waals surface area contributed by atoms with Crippen LogP contribution in [0.4, 0.5) is 11.4 Å². The van der Waals surface area contributed by atoms with Gasteiger partial charge in [0, 0.05) is 17.8 Å². The summed E-state index contributed by atoms with van der Waals surface area (Å²) in [4.78, 5) is 15.4. The average Bonchev–Trinajstić information content (AvgIpc) is 2.93. The Labute approximate surface area is 187 Å². The second-order valence-electron chi connectivity index (χ2n) is 7.52. The maximum atomic E-state index is 11.0. The molecular formula is C23H30N2O3S2. The molecule has 1 heterocycles. The number of hydrogen-bond donors (Lipinski definition) is 2. The van der Waals surface area contributed by atoms with E-state index in [0.29, 0.717) is 5.75 Å². The highest BCUT2D eigenvalue weighted by molar-refractivity contribution is 7.98. The van der Waals surface area contributed by atoms with Crippen LogP contribution in [0.2, 0.25) is 0 Å². The van der Waals surface area contributed by atoms with Crippen molar-refractivity contribution in [3.05, 3.63) is 42.5 Å². The van der Waals surface area contributed by atoms with Gasteiger partial charge in [0.2, 0.25) is 0 Å². The van der Waals surface area contributed by atoms with Crippen molar-refractivity contribution in [2.45, 2.75) is 54.9 Å². The Bertz CT molecular complexity index is 863. The second-order valence-corrected chi connectivity index (χ2v) is 9.21. The standard InChI is InChI=1S/C23H30N2O3S2/c1-4-6-12-23(5-2)16-25(17-10-8-7-9-11-17)18-13-21(29-3)19(28-15-22(26)27)14-20(18)30-24-23/h7-11,13-14,24H,4-6,12,15-16H2,1-3H3,(H,26,27)/t23-/m0/s1. The van der Waals surface area contributed by atoms with Crippen molar-refractivity contribution in [1.29, 1.82) is 0 Å². The van der Waals surface area contributed by atoms with Crippen LogP contribution in [0.15, 0.2) is 52.3 Å². The summed E-state index contributed by atoms with van der Waals surface area (Å²) in [5.41, 5.74) is 2.26. The molecule has 0 fully saturated rings. The van der Waals surface area contributed by atoms with Gasteiger partial charge in [0.25, 0.3) is 0 Å². The van der Waals surface area contributed by atoms with Gasteiger partial charge in [-0.05, 0) is 55.3 Å². The summed E-state index contributed by atoms with van der Waals surface area (Å²) in [6.07, 6.45) is 6.44. The molecule has 1 aliphatic heterocycles. The third-order valence-electron chi connectivity index (χ3n) is 5.48.